The molecule has 1 aliphatic rings. The molecule has 7 nitrogen and oxygen atoms in total. The second-order valence-corrected chi connectivity index (χ2v) is 9.31. The summed E-state index contributed by atoms with van der Waals surface area (Å²) in [4.78, 5) is 19.0. The van der Waals surface area contributed by atoms with Crippen LogP contribution in [0.5, 0.6) is 0 Å². The number of piperidine rings is 1. The first-order valence-electron chi connectivity index (χ1n) is 9.91. The number of rotatable bonds is 7. The molecule has 2 N–H and O–H groups in total. The summed E-state index contributed by atoms with van der Waals surface area (Å²) < 4.78 is 27.6. The van der Waals surface area contributed by atoms with E-state index >= 15 is 0 Å². The van der Waals surface area contributed by atoms with Crippen LogP contribution in [-0.2, 0) is 21.2 Å². The maximum Gasteiger partial charge on any atom is 0.243 e. The van der Waals surface area contributed by atoms with Crippen molar-refractivity contribution in [1.29, 1.82) is 0 Å². The van der Waals surface area contributed by atoms with Crippen molar-refractivity contribution in [2.24, 2.45) is 0 Å². The number of carbonyl (C=O) groups is 1. The van der Waals surface area contributed by atoms with Gasteiger partial charge in [0.05, 0.1) is 4.90 Å². The second-order valence-electron chi connectivity index (χ2n) is 7.42. The Kier molecular flexibility index (Phi) is 6.87. The lowest BCUT2D eigenvalue weighted by molar-refractivity contribution is -0.134. The molecule has 2 heterocycles. The quantitative estimate of drug-likeness (QED) is 0.699. The highest BCUT2D eigenvalue weighted by Gasteiger charge is 2.38. The summed E-state index contributed by atoms with van der Waals surface area (Å²) in [7, 11) is -2.00. The Bertz CT molecular complexity index is 917. The van der Waals surface area contributed by atoms with Crippen molar-refractivity contribution in [1.82, 2.24) is 14.2 Å². The Morgan fingerprint density at radius 3 is 2.69 bits per heavy atom. The maximum absolute atomic E-state index is 13.1. The minimum Gasteiger partial charge on any atom is -0.399 e. The number of hydrogen-bond donors (Lipinski definition) is 1. The molecule has 1 unspecified atom stereocenters. The average Bonchev–Trinajstić information content (AvgIpc) is 2.74. The number of aryl methyl sites for hydroxylation is 1. The molecule has 1 amide bonds. The van der Waals surface area contributed by atoms with Crippen LogP contribution in [0, 0.1) is 0 Å². The number of nitrogen functional groups attached to an aromatic ring is 1. The molecule has 29 heavy (non-hydrogen) atoms. The van der Waals surface area contributed by atoms with E-state index in [0.717, 1.165) is 31.2 Å². The minimum absolute atomic E-state index is 0.144. The summed E-state index contributed by atoms with van der Waals surface area (Å²) >= 11 is 0. The monoisotopic (exact) mass is 416 g/mol. The number of anilines is 1. The molecule has 1 aromatic carbocycles. The number of likely N-dealkylation sites (N-methyl/N-ethyl adjacent to an activating group) is 1. The van der Waals surface area contributed by atoms with Crippen LogP contribution in [0.2, 0.25) is 0 Å². The maximum atomic E-state index is 13.1. The molecule has 3 rings (SSSR count). The summed E-state index contributed by atoms with van der Waals surface area (Å²) in [6.07, 6.45) is 7.31. The van der Waals surface area contributed by atoms with E-state index in [9.17, 15) is 13.2 Å². The Labute approximate surface area is 172 Å². The Hall–Kier alpha value is -2.45. The number of aromatic nitrogens is 1. The molecule has 1 fully saturated rings. The number of sulfonamides is 1. The van der Waals surface area contributed by atoms with Crippen LogP contribution in [0.1, 0.15) is 31.2 Å². The van der Waals surface area contributed by atoms with Crippen LogP contribution in [-0.4, -0.2) is 54.7 Å². The number of benzene rings is 1. The van der Waals surface area contributed by atoms with Crippen molar-refractivity contribution in [2.75, 3.05) is 25.9 Å². The van der Waals surface area contributed by atoms with Gasteiger partial charge in [-0.25, -0.2) is 8.42 Å². The van der Waals surface area contributed by atoms with Gasteiger partial charge in [0, 0.05) is 38.2 Å². The number of nitrogens with two attached hydrogens (primary N) is 1. The van der Waals surface area contributed by atoms with Gasteiger partial charge in [0.15, 0.2) is 0 Å². The van der Waals surface area contributed by atoms with Gasteiger partial charge in [-0.05, 0) is 61.6 Å². The van der Waals surface area contributed by atoms with Crippen molar-refractivity contribution < 1.29 is 13.2 Å². The summed E-state index contributed by atoms with van der Waals surface area (Å²) in [5.74, 6) is -0.144. The standard InChI is InChI=1S/C21H28N4O3S/c1-24(14-5-7-17-6-4-13-23-16-17)21(26)20-8-2-3-15-25(20)29(27,28)19-11-9-18(22)10-12-19/h4,6,9-13,16,20H,2-3,5,7-8,14-15,22H2,1H3. The van der Waals surface area contributed by atoms with E-state index in [-0.39, 0.29) is 10.8 Å². The van der Waals surface area contributed by atoms with Gasteiger partial charge in [-0.15, -0.1) is 0 Å². The van der Waals surface area contributed by atoms with Crippen molar-refractivity contribution >= 4 is 21.6 Å². The largest absolute Gasteiger partial charge is 0.399 e. The molecule has 0 aliphatic carbocycles. The van der Waals surface area contributed by atoms with E-state index in [2.05, 4.69) is 4.98 Å². The first-order chi connectivity index (χ1) is 13.9. The zero-order valence-corrected chi connectivity index (χ0v) is 17.5. The van der Waals surface area contributed by atoms with E-state index in [1.54, 1.807) is 30.3 Å². The molecule has 0 spiro atoms. The number of nitrogens with zero attached hydrogens (tertiary/aromatic N) is 3. The smallest absolute Gasteiger partial charge is 0.243 e. The van der Waals surface area contributed by atoms with Gasteiger partial charge < -0.3 is 10.6 Å². The Morgan fingerprint density at radius 1 is 1.24 bits per heavy atom. The van der Waals surface area contributed by atoms with Gasteiger partial charge in [-0.3, -0.25) is 9.78 Å². The normalized spacial score (nSPS) is 17.8. The summed E-state index contributed by atoms with van der Waals surface area (Å²) in [5, 5.41) is 0. The van der Waals surface area contributed by atoms with Crippen molar-refractivity contribution in [2.45, 2.75) is 43.0 Å². The predicted octanol–water partition coefficient (Wildman–Crippen LogP) is 2.30. The van der Waals surface area contributed by atoms with Gasteiger partial charge in [-0.2, -0.15) is 4.31 Å². The first kappa shape index (κ1) is 21.3. The molecule has 1 aliphatic heterocycles. The van der Waals surface area contributed by atoms with Gasteiger partial charge >= 0.3 is 0 Å². The molecule has 1 aromatic heterocycles. The zero-order chi connectivity index (χ0) is 20.9. The predicted molar refractivity (Wildman–Crippen MR) is 113 cm³/mol. The third-order valence-electron chi connectivity index (χ3n) is 5.28. The van der Waals surface area contributed by atoms with Crippen LogP contribution in [0.25, 0.3) is 0 Å². The van der Waals surface area contributed by atoms with Gasteiger partial charge in [0.2, 0.25) is 15.9 Å². The van der Waals surface area contributed by atoms with Crippen LogP contribution < -0.4 is 5.73 Å². The van der Waals surface area contributed by atoms with E-state index in [1.807, 2.05) is 18.3 Å². The van der Waals surface area contributed by atoms with Gasteiger partial charge in [-0.1, -0.05) is 12.5 Å². The summed E-state index contributed by atoms with van der Waals surface area (Å²) in [5.41, 5.74) is 7.31. The van der Waals surface area contributed by atoms with Crippen molar-refractivity contribution in [3.63, 3.8) is 0 Å². The minimum atomic E-state index is -3.75. The lowest BCUT2D eigenvalue weighted by Gasteiger charge is -2.35. The molecular weight excluding hydrogens is 388 g/mol. The van der Waals surface area contributed by atoms with E-state index < -0.39 is 16.1 Å². The van der Waals surface area contributed by atoms with Crippen LogP contribution in [0.4, 0.5) is 5.69 Å². The molecule has 2 aromatic rings. The fourth-order valence-electron chi connectivity index (χ4n) is 3.65. The van der Waals surface area contributed by atoms with Gasteiger partial charge in [0.25, 0.3) is 0 Å². The first-order valence-corrected chi connectivity index (χ1v) is 11.3. The number of carbonyl (C=O) groups excluding carboxylic acids is 1. The molecule has 0 bridgehead atoms. The Morgan fingerprint density at radius 2 is 2.00 bits per heavy atom. The summed E-state index contributed by atoms with van der Waals surface area (Å²) in [6, 6.07) is 9.38. The van der Waals surface area contributed by atoms with E-state index in [0.29, 0.717) is 25.2 Å². The molecule has 0 radical (unpaired) electrons. The lowest BCUT2D eigenvalue weighted by Crippen LogP contribution is -2.52. The SMILES string of the molecule is CN(CCCc1cccnc1)C(=O)C1CCCCN1S(=O)(=O)c1ccc(N)cc1. The van der Waals surface area contributed by atoms with Crippen LogP contribution >= 0.6 is 0 Å². The summed E-state index contributed by atoms with van der Waals surface area (Å²) in [6.45, 7) is 0.923. The fraction of sp³-hybridized carbons (Fsp3) is 0.429. The zero-order valence-electron chi connectivity index (χ0n) is 16.7. The van der Waals surface area contributed by atoms with E-state index in [1.165, 1.54) is 16.4 Å². The molecule has 8 heteroatoms. The average molecular weight is 417 g/mol. The highest BCUT2D eigenvalue weighted by Crippen LogP contribution is 2.27. The van der Waals surface area contributed by atoms with Crippen molar-refractivity contribution in [3.8, 4) is 0 Å². The highest BCUT2D eigenvalue weighted by molar-refractivity contribution is 7.89. The highest BCUT2D eigenvalue weighted by atomic mass is 32.2. The van der Waals surface area contributed by atoms with E-state index in [4.69, 9.17) is 5.73 Å². The van der Waals surface area contributed by atoms with Crippen LogP contribution in [0.3, 0.4) is 0 Å². The molecular formula is C21H28N4O3S. The third kappa shape index (κ3) is 5.13. The van der Waals surface area contributed by atoms with Gasteiger partial charge in [0.1, 0.15) is 6.04 Å². The topological polar surface area (TPSA) is 96.6 Å². The molecule has 0 saturated carbocycles. The second kappa shape index (κ2) is 9.37. The number of pyridine rings is 1. The fourth-order valence-corrected chi connectivity index (χ4v) is 5.30. The lowest BCUT2D eigenvalue weighted by atomic mass is 10.0. The molecule has 1 saturated heterocycles. The van der Waals surface area contributed by atoms with Crippen molar-refractivity contribution in [3.05, 3.63) is 54.4 Å². The molecule has 1 atom stereocenters. The Balaban J connectivity index is 1.67. The third-order valence-corrected chi connectivity index (χ3v) is 7.21. The van der Waals surface area contributed by atoms with Crippen LogP contribution in [0.15, 0.2) is 53.7 Å². The number of amides is 1. The molecule has 156 valence electrons. The number of hydrogen-bond acceptors (Lipinski definition) is 5.